The number of allylic oxidation sites excluding steroid dienone is 1. The Morgan fingerprint density at radius 1 is 0.971 bits per heavy atom. The molecule has 2 heterocycles. The summed E-state index contributed by atoms with van der Waals surface area (Å²) in [7, 11) is 1.33. The SMILES string of the molecule is CCOc1ccc(-n2c(C)cc(/C=C3\C(=O)N(c4ccccc4)C(C)=C3C(=O)OC)c2C)cc1. The van der Waals surface area contributed by atoms with Crippen molar-refractivity contribution in [2.75, 3.05) is 18.6 Å². The summed E-state index contributed by atoms with van der Waals surface area (Å²) in [6.45, 7) is 8.35. The number of carbonyl (C=O) groups is 2. The molecule has 6 nitrogen and oxygen atoms in total. The molecule has 0 N–H and O–H groups in total. The number of amides is 1. The highest BCUT2D eigenvalue weighted by molar-refractivity contribution is 6.23. The Bertz CT molecular complexity index is 1300. The predicted molar refractivity (Wildman–Crippen MR) is 133 cm³/mol. The first-order chi connectivity index (χ1) is 16.4. The molecule has 1 aliphatic rings. The molecule has 174 valence electrons. The van der Waals surface area contributed by atoms with E-state index in [1.807, 2.05) is 81.4 Å². The molecule has 4 rings (SSSR count). The molecule has 1 amide bonds. The molecule has 0 spiro atoms. The number of anilines is 1. The number of hydrogen-bond donors (Lipinski definition) is 0. The lowest BCUT2D eigenvalue weighted by Gasteiger charge is -2.17. The maximum absolute atomic E-state index is 13.5. The molecule has 0 bridgehead atoms. The van der Waals surface area contributed by atoms with Crippen molar-refractivity contribution in [2.24, 2.45) is 0 Å². The standard InChI is InChI=1S/C28H28N2O4/c1-6-34-24-14-12-23(13-15-24)29-18(2)16-21(19(29)3)17-25-26(28(32)33-5)20(4)30(27(25)31)22-10-8-7-9-11-22/h7-17H,6H2,1-5H3/b25-17-. The van der Waals surface area contributed by atoms with E-state index >= 15 is 0 Å². The maximum atomic E-state index is 13.5. The normalized spacial score (nSPS) is 14.8. The van der Waals surface area contributed by atoms with Gasteiger partial charge in [0.05, 0.1) is 24.9 Å². The number of carbonyl (C=O) groups excluding carboxylic acids is 2. The summed E-state index contributed by atoms with van der Waals surface area (Å²) in [6, 6.07) is 19.2. The Hall–Kier alpha value is -4.06. The second-order valence-electron chi connectivity index (χ2n) is 8.07. The fourth-order valence-electron chi connectivity index (χ4n) is 4.41. The van der Waals surface area contributed by atoms with E-state index in [2.05, 4.69) is 4.57 Å². The number of aryl methyl sites for hydroxylation is 1. The minimum atomic E-state index is -0.532. The molecule has 0 saturated heterocycles. The van der Waals surface area contributed by atoms with E-state index in [0.717, 1.165) is 28.4 Å². The Labute approximate surface area is 199 Å². The number of methoxy groups -OCH3 is 1. The van der Waals surface area contributed by atoms with Crippen molar-refractivity contribution in [1.82, 2.24) is 4.57 Å². The minimum Gasteiger partial charge on any atom is -0.494 e. The van der Waals surface area contributed by atoms with Gasteiger partial charge in [-0.1, -0.05) is 18.2 Å². The van der Waals surface area contributed by atoms with E-state index < -0.39 is 5.97 Å². The van der Waals surface area contributed by atoms with Gasteiger partial charge in [0.1, 0.15) is 5.75 Å². The van der Waals surface area contributed by atoms with Gasteiger partial charge in [-0.15, -0.1) is 0 Å². The molecular formula is C28H28N2O4. The molecule has 6 heteroatoms. The average Bonchev–Trinajstić information content (AvgIpc) is 3.26. The van der Waals surface area contributed by atoms with Crippen LogP contribution in [-0.2, 0) is 14.3 Å². The van der Waals surface area contributed by atoms with Gasteiger partial charge in [0.2, 0.25) is 0 Å². The van der Waals surface area contributed by atoms with Crippen LogP contribution in [-0.4, -0.2) is 30.2 Å². The van der Waals surface area contributed by atoms with Gasteiger partial charge in [-0.3, -0.25) is 9.69 Å². The molecule has 1 aromatic heterocycles. The van der Waals surface area contributed by atoms with Crippen molar-refractivity contribution in [3.05, 3.63) is 94.5 Å². The first kappa shape index (κ1) is 23.1. The van der Waals surface area contributed by atoms with Crippen LogP contribution in [0.2, 0.25) is 0 Å². The Balaban J connectivity index is 1.79. The number of para-hydroxylation sites is 1. The second kappa shape index (κ2) is 9.43. The fraction of sp³-hybridized carbons (Fsp3) is 0.214. The smallest absolute Gasteiger partial charge is 0.340 e. The van der Waals surface area contributed by atoms with Crippen LogP contribution in [0.4, 0.5) is 5.69 Å². The molecule has 0 radical (unpaired) electrons. The van der Waals surface area contributed by atoms with E-state index in [0.29, 0.717) is 23.6 Å². The van der Waals surface area contributed by atoms with Gasteiger partial charge in [0, 0.05) is 28.5 Å². The molecule has 0 fully saturated rings. The summed E-state index contributed by atoms with van der Waals surface area (Å²) in [5.41, 5.74) is 5.68. The zero-order valence-corrected chi connectivity index (χ0v) is 20.1. The molecule has 34 heavy (non-hydrogen) atoms. The fourth-order valence-corrected chi connectivity index (χ4v) is 4.41. The third-order valence-electron chi connectivity index (χ3n) is 5.98. The largest absolute Gasteiger partial charge is 0.494 e. The van der Waals surface area contributed by atoms with Crippen molar-refractivity contribution >= 4 is 23.6 Å². The number of esters is 1. The minimum absolute atomic E-state index is 0.255. The van der Waals surface area contributed by atoms with Gasteiger partial charge in [0.15, 0.2) is 0 Å². The average molecular weight is 457 g/mol. The van der Waals surface area contributed by atoms with E-state index in [-0.39, 0.29) is 11.5 Å². The van der Waals surface area contributed by atoms with Gasteiger partial charge in [-0.2, -0.15) is 0 Å². The molecular weight excluding hydrogens is 428 g/mol. The molecule has 2 aromatic carbocycles. The van der Waals surface area contributed by atoms with Crippen LogP contribution >= 0.6 is 0 Å². The lowest BCUT2D eigenvalue weighted by molar-refractivity contribution is -0.136. The second-order valence-corrected chi connectivity index (χ2v) is 8.07. The van der Waals surface area contributed by atoms with Crippen LogP contribution in [0.3, 0.4) is 0 Å². The number of ether oxygens (including phenoxy) is 2. The molecule has 0 atom stereocenters. The maximum Gasteiger partial charge on any atom is 0.340 e. The monoisotopic (exact) mass is 456 g/mol. The lowest BCUT2D eigenvalue weighted by Crippen LogP contribution is -2.24. The van der Waals surface area contributed by atoms with Gasteiger partial charge < -0.3 is 14.0 Å². The number of hydrogen-bond acceptors (Lipinski definition) is 4. The summed E-state index contributed by atoms with van der Waals surface area (Å²) >= 11 is 0. The highest BCUT2D eigenvalue weighted by atomic mass is 16.5. The van der Waals surface area contributed by atoms with E-state index in [4.69, 9.17) is 9.47 Å². The van der Waals surface area contributed by atoms with Gasteiger partial charge in [-0.25, -0.2) is 4.79 Å². The van der Waals surface area contributed by atoms with Crippen LogP contribution in [0, 0.1) is 13.8 Å². The van der Waals surface area contributed by atoms with Crippen molar-refractivity contribution < 1.29 is 19.1 Å². The van der Waals surface area contributed by atoms with Crippen LogP contribution < -0.4 is 9.64 Å². The highest BCUT2D eigenvalue weighted by Crippen LogP contribution is 2.36. The van der Waals surface area contributed by atoms with Crippen molar-refractivity contribution in [2.45, 2.75) is 27.7 Å². The van der Waals surface area contributed by atoms with Crippen molar-refractivity contribution in [3.63, 3.8) is 0 Å². The van der Waals surface area contributed by atoms with Gasteiger partial charge >= 0.3 is 5.97 Å². The predicted octanol–water partition coefficient (Wildman–Crippen LogP) is 5.37. The molecule has 0 aliphatic carbocycles. The molecule has 3 aromatic rings. The number of aromatic nitrogens is 1. The number of rotatable bonds is 6. The zero-order chi connectivity index (χ0) is 24.4. The van der Waals surface area contributed by atoms with Crippen LogP contribution in [0.15, 0.2) is 77.5 Å². The first-order valence-electron chi connectivity index (χ1n) is 11.2. The van der Waals surface area contributed by atoms with E-state index in [9.17, 15) is 9.59 Å². The van der Waals surface area contributed by atoms with Crippen LogP contribution in [0.5, 0.6) is 5.75 Å². The molecule has 0 unspecified atom stereocenters. The van der Waals surface area contributed by atoms with Crippen LogP contribution in [0.1, 0.15) is 30.8 Å². The zero-order valence-electron chi connectivity index (χ0n) is 20.1. The number of nitrogens with zero attached hydrogens (tertiary/aromatic N) is 2. The highest BCUT2D eigenvalue weighted by Gasteiger charge is 2.38. The van der Waals surface area contributed by atoms with Crippen molar-refractivity contribution in [3.8, 4) is 11.4 Å². The van der Waals surface area contributed by atoms with Gasteiger partial charge in [0.25, 0.3) is 5.91 Å². The van der Waals surface area contributed by atoms with Gasteiger partial charge in [-0.05, 0) is 81.8 Å². The summed E-state index contributed by atoms with van der Waals surface area (Å²) < 4.78 is 12.7. The first-order valence-corrected chi connectivity index (χ1v) is 11.2. The summed E-state index contributed by atoms with van der Waals surface area (Å²) in [4.78, 5) is 27.8. The third kappa shape index (κ3) is 4.03. The lowest BCUT2D eigenvalue weighted by atomic mass is 10.0. The summed E-state index contributed by atoms with van der Waals surface area (Å²) in [6.07, 6.45) is 1.79. The molecule has 0 saturated carbocycles. The Morgan fingerprint density at radius 2 is 1.65 bits per heavy atom. The molecule has 1 aliphatic heterocycles. The Kier molecular flexibility index (Phi) is 6.41. The van der Waals surface area contributed by atoms with Crippen LogP contribution in [0.25, 0.3) is 11.8 Å². The van der Waals surface area contributed by atoms with Crippen molar-refractivity contribution in [1.29, 1.82) is 0 Å². The topological polar surface area (TPSA) is 60.8 Å². The Morgan fingerprint density at radius 3 is 2.26 bits per heavy atom. The third-order valence-corrected chi connectivity index (χ3v) is 5.98. The summed E-state index contributed by atoms with van der Waals surface area (Å²) in [5, 5.41) is 0. The van der Waals surface area contributed by atoms with E-state index in [1.54, 1.807) is 17.9 Å². The number of benzene rings is 2. The summed E-state index contributed by atoms with van der Waals surface area (Å²) in [5.74, 6) is 0.0303. The quantitative estimate of drug-likeness (QED) is 0.370. The van der Waals surface area contributed by atoms with E-state index in [1.165, 1.54) is 7.11 Å².